The summed E-state index contributed by atoms with van der Waals surface area (Å²) in [4.78, 5) is 14.6. The highest BCUT2D eigenvalue weighted by atomic mass is 32.1. The van der Waals surface area contributed by atoms with Crippen LogP contribution >= 0.6 is 11.3 Å². The Balaban J connectivity index is 1.68. The maximum absolute atomic E-state index is 5.89. The Hall–Kier alpha value is -1.24. The van der Waals surface area contributed by atoms with Crippen LogP contribution in [-0.2, 0) is 4.74 Å². The topological polar surface area (TPSA) is 41.5 Å². The average Bonchev–Trinajstić information content (AvgIpc) is 3.05. The molecule has 19 heavy (non-hydrogen) atoms. The fraction of sp³-hybridized carbons (Fsp3) is 0.538. The van der Waals surface area contributed by atoms with Gasteiger partial charge in [-0.2, -0.15) is 0 Å². The number of nitrogens with zero attached hydrogens (tertiary/aromatic N) is 4. The van der Waals surface area contributed by atoms with Crippen LogP contribution < -0.4 is 4.90 Å². The predicted octanol–water partition coefficient (Wildman–Crippen LogP) is 1.21. The Bertz CT molecular complexity index is 601. The molecular formula is C13H16N4OS. The molecule has 0 saturated carbocycles. The number of likely N-dealkylation sites (N-methyl/N-ethyl adjacent to an activating group) is 1. The summed E-state index contributed by atoms with van der Waals surface area (Å²) in [5.41, 5.74) is 0. The molecule has 2 saturated heterocycles. The second kappa shape index (κ2) is 4.40. The molecule has 2 aromatic heterocycles. The standard InChI is InChI=1S/C13H16N4OS/c1-16-3-4-18-11-7-17(6-10(11)16)12-9-2-5-19-13(9)15-8-14-12/h2,5,8,10-11H,3-4,6-7H2,1H3. The number of rotatable bonds is 1. The van der Waals surface area contributed by atoms with Crippen LogP contribution in [0.15, 0.2) is 17.8 Å². The van der Waals surface area contributed by atoms with Crippen molar-refractivity contribution in [1.29, 1.82) is 0 Å². The van der Waals surface area contributed by atoms with Gasteiger partial charge in [-0.15, -0.1) is 11.3 Å². The number of hydrogen-bond donors (Lipinski definition) is 0. The van der Waals surface area contributed by atoms with E-state index in [1.807, 2.05) is 0 Å². The number of thiophene rings is 1. The Morgan fingerprint density at radius 1 is 1.37 bits per heavy atom. The van der Waals surface area contributed by atoms with E-state index in [4.69, 9.17) is 4.74 Å². The summed E-state index contributed by atoms with van der Waals surface area (Å²) in [7, 11) is 2.18. The number of anilines is 1. The molecule has 6 heteroatoms. The molecule has 0 amide bonds. The summed E-state index contributed by atoms with van der Waals surface area (Å²) < 4.78 is 5.89. The summed E-state index contributed by atoms with van der Waals surface area (Å²) in [6.45, 7) is 3.77. The Morgan fingerprint density at radius 3 is 3.21 bits per heavy atom. The van der Waals surface area contributed by atoms with E-state index in [0.717, 1.165) is 42.3 Å². The maximum atomic E-state index is 5.89. The van der Waals surface area contributed by atoms with Gasteiger partial charge in [-0.05, 0) is 18.5 Å². The zero-order chi connectivity index (χ0) is 12.8. The molecule has 0 radical (unpaired) electrons. The minimum atomic E-state index is 0.308. The highest BCUT2D eigenvalue weighted by Crippen LogP contribution is 2.31. The molecule has 2 aliphatic heterocycles. The molecule has 0 aliphatic carbocycles. The summed E-state index contributed by atoms with van der Waals surface area (Å²) >= 11 is 1.67. The largest absolute Gasteiger partial charge is 0.373 e. The first-order valence-electron chi connectivity index (χ1n) is 6.58. The normalized spacial score (nSPS) is 27.9. The van der Waals surface area contributed by atoms with Crippen molar-refractivity contribution < 1.29 is 4.74 Å². The third-order valence-electron chi connectivity index (χ3n) is 4.12. The number of fused-ring (bicyclic) bond motifs is 2. The monoisotopic (exact) mass is 276 g/mol. The molecule has 2 unspecified atom stereocenters. The molecule has 2 fully saturated rings. The smallest absolute Gasteiger partial charge is 0.140 e. The van der Waals surface area contributed by atoms with Gasteiger partial charge >= 0.3 is 0 Å². The van der Waals surface area contributed by atoms with Crippen LogP contribution in [0.1, 0.15) is 0 Å². The van der Waals surface area contributed by atoms with Gasteiger partial charge in [0.05, 0.1) is 24.1 Å². The van der Waals surface area contributed by atoms with E-state index >= 15 is 0 Å². The van der Waals surface area contributed by atoms with Crippen LogP contribution in [0.5, 0.6) is 0 Å². The van der Waals surface area contributed by atoms with Gasteiger partial charge < -0.3 is 9.64 Å². The molecular weight excluding hydrogens is 260 g/mol. The second-order valence-electron chi connectivity index (χ2n) is 5.20. The highest BCUT2D eigenvalue weighted by molar-refractivity contribution is 7.16. The molecule has 5 nitrogen and oxygen atoms in total. The van der Waals surface area contributed by atoms with Gasteiger partial charge in [-0.1, -0.05) is 0 Å². The minimum absolute atomic E-state index is 0.308. The van der Waals surface area contributed by atoms with Crippen LogP contribution in [0.3, 0.4) is 0 Å². The van der Waals surface area contributed by atoms with Gasteiger partial charge in [0.2, 0.25) is 0 Å². The lowest BCUT2D eigenvalue weighted by molar-refractivity contribution is -0.0362. The molecule has 2 aromatic rings. The predicted molar refractivity (Wildman–Crippen MR) is 75.8 cm³/mol. The van der Waals surface area contributed by atoms with Crippen molar-refractivity contribution >= 4 is 27.4 Å². The number of morpholine rings is 1. The van der Waals surface area contributed by atoms with Gasteiger partial charge in [0.1, 0.15) is 17.0 Å². The lowest BCUT2D eigenvalue weighted by atomic mass is 10.1. The van der Waals surface area contributed by atoms with Crippen LogP contribution in [0.25, 0.3) is 10.2 Å². The fourth-order valence-corrected chi connectivity index (χ4v) is 3.79. The second-order valence-corrected chi connectivity index (χ2v) is 6.09. The van der Waals surface area contributed by atoms with Crippen LogP contribution in [0.2, 0.25) is 0 Å². The molecule has 2 atom stereocenters. The first-order chi connectivity index (χ1) is 9.33. The number of aromatic nitrogens is 2. The summed E-state index contributed by atoms with van der Waals surface area (Å²) in [6.07, 6.45) is 1.98. The van der Waals surface area contributed by atoms with E-state index in [2.05, 4.69) is 38.3 Å². The third kappa shape index (κ3) is 1.82. The Labute approximate surface area is 115 Å². The van der Waals surface area contributed by atoms with Crippen LogP contribution in [0.4, 0.5) is 5.82 Å². The third-order valence-corrected chi connectivity index (χ3v) is 4.94. The Morgan fingerprint density at radius 2 is 2.32 bits per heavy atom. The van der Waals surface area contributed by atoms with E-state index in [1.165, 1.54) is 0 Å². The van der Waals surface area contributed by atoms with Gasteiger partial charge in [0.25, 0.3) is 0 Å². The molecule has 0 bridgehead atoms. The van der Waals surface area contributed by atoms with Crippen molar-refractivity contribution in [2.75, 3.05) is 38.2 Å². The molecule has 2 aliphatic rings. The van der Waals surface area contributed by atoms with Crippen molar-refractivity contribution in [3.05, 3.63) is 17.8 Å². The van der Waals surface area contributed by atoms with Gasteiger partial charge in [0.15, 0.2) is 0 Å². The van der Waals surface area contributed by atoms with Crippen LogP contribution in [0, 0.1) is 0 Å². The summed E-state index contributed by atoms with van der Waals surface area (Å²) in [5.74, 6) is 1.05. The molecule has 100 valence electrons. The minimum Gasteiger partial charge on any atom is -0.373 e. The first-order valence-corrected chi connectivity index (χ1v) is 7.46. The van der Waals surface area contributed by atoms with Crippen molar-refractivity contribution in [1.82, 2.24) is 14.9 Å². The molecule has 0 spiro atoms. The molecule has 0 aromatic carbocycles. The zero-order valence-corrected chi connectivity index (χ0v) is 11.6. The van der Waals surface area contributed by atoms with E-state index in [0.29, 0.717) is 12.1 Å². The van der Waals surface area contributed by atoms with Crippen molar-refractivity contribution in [2.45, 2.75) is 12.1 Å². The van der Waals surface area contributed by atoms with Crippen LogP contribution in [-0.4, -0.2) is 60.3 Å². The lowest BCUT2D eigenvalue weighted by Gasteiger charge is -2.33. The number of ether oxygens (including phenoxy) is 1. The quantitative estimate of drug-likeness (QED) is 0.783. The van der Waals surface area contributed by atoms with E-state index in [1.54, 1.807) is 17.7 Å². The first kappa shape index (κ1) is 11.6. The molecule has 4 heterocycles. The zero-order valence-electron chi connectivity index (χ0n) is 10.8. The summed E-state index contributed by atoms with van der Waals surface area (Å²) in [5, 5.41) is 3.24. The van der Waals surface area contributed by atoms with E-state index in [9.17, 15) is 0 Å². The van der Waals surface area contributed by atoms with Gasteiger partial charge in [-0.3, -0.25) is 4.90 Å². The van der Waals surface area contributed by atoms with Crippen molar-refractivity contribution in [3.8, 4) is 0 Å². The summed E-state index contributed by atoms with van der Waals surface area (Å²) in [6, 6.07) is 2.60. The van der Waals surface area contributed by atoms with Crippen molar-refractivity contribution in [3.63, 3.8) is 0 Å². The SMILES string of the molecule is CN1CCOC2CN(c3ncnc4sccc34)CC21. The lowest BCUT2D eigenvalue weighted by Crippen LogP contribution is -2.48. The van der Waals surface area contributed by atoms with E-state index in [-0.39, 0.29) is 0 Å². The highest BCUT2D eigenvalue weighted by Gasteiger charge is 2.39. The number of hydrogen-bond acceptors (Lipinski definition) is 6. The van der Waals surface area contributed by atoms with Gasteiger partial charge in [-0.25, -0.2) is 9.97 Å². The van der Waals surface area contributed by atoms with Gasteiger partial charge in [0, 0.05) is 19.6 Å². The fourth-order valence-electron chi connectivity index (χ4n) is 3.06. The maximum Gasteiger partial charge on any atom is 0.140 e. The Kier molecular flexibility index (Phi) is 2.68. The van der Waals surface area contributed by atoms with E-state index < -0.39 is 0 Å². The van der Waals surface area contributed by atoms with Crippen molar-refractivity contribution in [2.24, 2.45) is 0 Å². The average molecular weight is 276 g/mol. The molecule has 0 N–H and O–H groups in total. The molecule has 4 rings (SSSR count).